The Morgan fingerprint density at radius 2 is 1.85 bits per heavy atom. The molecule has 0 aromatic heterocycles. The van der Waals surface area contributed by atoms with Crippen LogP contribution in [-0.2, 0) is 0 Å². The molecule has 1 saturated heterocycles. The molecule has 2 atom stereocenters. The number of hydrogen-bond donors (Lipinski definition) is 1. The molecule has 0 bridgehead atoms. The lowest BCUT2D eigenvalue weighted by molar-refractivity contribution is 0.135. The van der Waals surface area contributed by atoms with Gasteiger partial charge in [-0.2, -0.15) is 0 Å². The predicted octanol–water partition coefficient (Wildman–Crippen LogP) is 3.88. The molecule has 2 heteroatoms. The molecule has 1 heterocycles. The third kappa shape index (κ3) is 3.42. The summed E-state index contributed by atoms with van der Waals surface area (Å²) < 4.78 is 0. The first-order valence-corrected chi connectivity index (χ1v) is 8.10. The maximum Gasteiger partial charge on any atom is 0.0429 e. The van der Waals surface area contributed by atoms with Crippen molar-refractivity contribution < 1.29 is 0 Å². The Morgan fingerprint density at radius 1 is 1.20 bits per heavy atom. The largest absolute Gasteiger partial charge is 0.323 e. The van der Waals surface area contributed by atoms with Gasteiger partial charge in [0.1, 0.15) is 0 Å². The average molecular weight is 274 g/mol. The van der Waals surface area contributed by atoms with E-state index in [1.54, 1.807) is 0 Å². The van der Waals surface area contributed by atoms with Gasteiger partial charge in [-0.15, -0.1) is 0 Å². The van der Waals surface area contributed by atoms with E-state index in [4.69, 9.17) is 5.73 Å². The van der Waals surface area contributed by atoms with Crippen LogP contribution in [0.1, 0.15) is 60.9 Å². The Hall–Kier alpha value is -0.860. The zero-order valence-corrected chi connectivity index (χ0v) is 13.6. The fourth-order valence-corrected chi connectivity index (χ4v) is 3.88. The molecular weight excluding hydrogens is 244 g/mol. The van der Waals surface area contributed by atoms with Gasteiger partial charge >= 0.3 is 0 Å². The fraction of sp³-hybridized carbons (Fsp3) is 0.667. The summed E-state index contributed by atoms with van der Waals surface area (Å²) in [4.78, 5) is 2.62. The minimum Gasteiger partial charge on any atom is -0.323 e. The summed E-state index contributed by atoms with van der Waals surface area (Å²) in [5.41, 5.74) is 11.9. The van der Waals surface area contributed by atoms with E-state index in [9.17, 15) is 0 Å². The monoisotopic (exact) mass is 274 g/mol. The smallest absolute Gasteiger partial charge is 0.0429 e. The van der Waals surface area contributed by atoms with E-state index in [1.165, 1.54) is 54.5 Å². The van der Waals surface area contributed by atoms with Crippen molar-refractivity contribution in [2.24, 2.45) is 5.73 Å². The molecule has 20 heavy (non-hydrogen) atoms. The van der Waals surface area contributed by atoms with E-state index >= 15 is 0 Å². The molecule has 0 amide bonds. The van der Waals surface area contributed by atoms with E-state index in [2.05, 4.69) is 44.7 Å². The van der Waals surface area contributed by atoms with Gasteiger partial charge in [0, 0.05) is 18.6 Å². The van der Waals surface area contributed by atoms with Crippen LogP contribution in [0.3, 0.4) is 0 Å². The van der Waals surface area contributed by atoms with Crippen LogP contribution in [0.5, 0.6) is 0 Å². The van der Waals surface area contributed by atoms with E-state index in [0.717, 1.165) is 12.6 Å². The normalized spacial score (nSPS) is 21.9. The van der Waals surface area contributed by atoms with Gasteiger partial charge < -0.3 is 5.73 Å². The van der Waals surface area contributed by atoms with Crippen LogP contribution in [0.4, 0.5) is 0 Å². The van der Waals surface area contributed by atoms with Crippen molar-refractivity contribution >= 4 is 0 Å². The van der Waals surface area contributed by atoms with E-state index in [0.29, 0.717) is 0 Å². The SMILES string of the molecule is CCC1CCCCN1CC(N)c1c(C)cc(C)cc1C. The van der Waals surface area contributed by atoms with Crippen molar-refractivity contribution in [2.45, 2.75) is 65.5 Å². The van der Waals surface area contributed by atoms with Crippen LogP contribution in [0, 0.1) is 20.8 Å². The quantitative estimate of drug-likeness (QED) is 0.903. The highest BCUT2D eigenvalue weighted by Gasteiger charge is 2.24. The fourth-order valence-electron chi connectivity index (χ4n) is 3.88. The number of benzene rings is 1. The Bertz CT molecular complexity index is 430. The number of nitrogens with zero attached hydrogens (tertiary/aromatic N) is 1. The predicted molar refractivity (Wildman–Crippen MR) is 87.1 cm³/mol. The number of hydrogen-bond acceptors (Lipinski definition) is 2. The van der Waals surface area contributed by atoms with Gasteiger partial charge in [-0.3, -0.25) is 4.90 Å². The van der Waals surface area contributed by atoms with Crippen molar-refractivity contribution in [1.29, 1.82) is 0 Å². The van der Waals surface area contributed by atoms with Crippen molar-refractivity contribution in [2.75, 3.05) is 13.1 Å². The molecule has 2 unspecified atom stereocenters. The average Bonchev–Trinajstić information content (AvgIpc) is 2.38. The summed E-state index contributed by atoms with van der Waals surface area (Å²) >= 11 is 0. The molecule has 0 aliphatic carbocycles. The van der Waals surface area contributed by atoms with Gasteiger partial charge in [-0.25, -0.2) is 0 Å². The minimum absolute atomic E-state index is 0.141. The summed E-state index contributed by atoms with van der Waals surface area (Å²) in [7, 11) is 0. The standard InChI is InChI=1S/C18H30N2/c1-5-16-8-6-7-9-20(16)12-17(19)18-14(3)10-13(2)11-15(18)4/h10-11,16-17H,5-9,12,19H2,1-4H3. The van der Waals surface area contributed by atoms with E-state index < -0.39 is 0 Å². The van der Waals surface area contributed by atoms with Gasteiger partial charge in [-0.1, -0.05) is 31.0 Å². The summed E-state index contributed by atoms with van der Waals surface area (Å²) in [6.45, 7) is 11.1. The minimum atomic E-state index is 0.141. The van der Waals surface area contributed by atoms with Crippen molar-refractivity contribution in [3.8, 4) is 0 Å². The van der Waals surface area contributed by atoms with Gasteiger partial charge in [0.15, 0.2) is 0 Å². The first kappa shape index (κ1) is 15.5. The van der Waals surface area contributed by atoms with Crippen molar-refractivity contribution in [1.82, 2.24) is 4.90 Å². The molecule has 0 spiro atoms. The Kier molecular flexibility index (Phi) is 5.22. The molecular formula is C18H30N2. The lowest BCUT2D eigenvalue weighted by Crippen LogP contribution is -2.43. The maximum atomic E-state index is 6.55. The highest BCUT2D eigenvalue weighted by molar-refractivity contribution is 5.39. The maximum absolute atomic E-state index is 6.55. The van der Waals surface area contributed by atoms with Crippen LogP contribution < -0.4 is 5.73 Å². The number of likely N-dealkylation sites (tertiary alicyclic amines) is 1. The van der Waals surface area contributed by atoms with Crippen LogP contribution in [0.2, 0.25) is 0 Å². The first-order valence-electron chi connectivity index (χ1n) is 8.10. The third-order valence-electron chi connectivity index (χ3n) is 4.76. The topological polar surface area (TPSA) is 29.3 Å². The number of nitrogens with two attached hydrogens (primary N) is 1. The lowest BCUT2D eigenvalue weighted by Gasteiger charge is -2.37. The van der Waals surface area contributed by atoms with E-state index in [1.807, 2.05) is 0 Å². The lowest BCUT2D eigenvalue weighted by atomic mass is 9.92. The second-order valence-corrected chi connectivity index (χ2v) is 6.47. The molecule has 2 N–H and O–H groups in total. The summed E-state index contributed by atoms with van der Waals surface area (Å²) in [5, 5.41) is 0. The zero-order chi connectivity index (χ0) is 14.7. The molecule has 2 nitrogen and oxygen atoms in total. The molecule has 1 fully saturated rings. The van der Waals surface area contributed by atoms with Crippen molar-refractivity contribution in [3.63, 3.8) is 0 Å². The second kappa shape index (κ2) is 6.73. The molecule has 0 radical (unpaired) electrons. The summed E-state index contributed by atoms with van der Waals surface area (Å²) in [6.07, 6.45) is 5.30. The number of rotatable bonds is 4. The van der Waals surface area contributed by atoms with Gasteiger partial charge in [0.2, 0.25) is 0 Å². The first-order chi connectivity index (χ1) is 9.52. The Morgan fingerprint density at radius 3 is 2.45 bits per heavy atom. The zero-order valence-electron chi connectivity index (χ0n) is 13.6. The highest BCUT2D eigenvalue weighted by Crippen LogP contribution is 2.26. The highest BCUT2D eigenvalue weighted by atomic mass is 15.2. The molecule has 0 saturated carbocycles. The van der Waals surface area contributed by atoms with Gasteiger partial charge in [0.25, 0.3) is 0 Å². The van der Waals surface area contributed by atoms with Crippen LogP contribution in [-0.4, -0.2) is 24.0 Å². The second-order valence-electron chi connectivity index (χ2n) is 6.47. The van der Waals surface area contributed by atoms with E-state index in [-0.39, 0.29) is 6.04 Å². The molecule has 112 valence electrons. The number of aryl methyl sites for hydroxylation is 3. The van der Waals surface area contributed by atoms with Crippen molar-refractivity contribution in [3.05, 3.63) is 34.4 Å². The Balaban J connectivity index is 2.13. The Labute approximate surface area is 124 Å². The van der Waals surface area contributed by atoms with Gasteiger partial charge in [-0.05, 0) is 63.3 Å². The molecule has 1 aliphatic heterocycles. The van der Waals surface area contributed by atoms with Crippen LogP contribution in [0.25, 0.3) is 0 Å². The summed E-state index contributed by atoms with van der Waals surface area (Å²) in [5.74, 6) is 0. The molecule has 1 aromatic rings. The molecule has 1 aliphatic rings. The molecule has 1 aromatic carbocycles. The van der Waals surface area contributed by atoms with Gasteiger partial charge in [0.05, 0.1) is 0 Å². The molecule has 2 rings (SSSR count). The summed E-state index contributed by atoms with van der Waals surface area (Å²) in [6, 6.07) is 5.40. The number of piperidine rings is 1. The third-order valence-corrected chi connectivity index (χ3v) is 4.76. The van der Waals surface area contributed by atoms with Crippen LogP contribution >= 0.6 is 0 Å². The van der Waals surface area contributed by atoms with Crippen LogP contribution in [0.15, 0.2) is 12.1 Å².